The van der Waals surface area contributed by atoms with E-state index in [1.54, 1.807) is 12.4 Å². The maximum absolute atomic E-state index is 11.4. The molecule has 0 atom stereocenters. The van der Waals surface area contributed by atoms with Gasteiger partial charge in [0.1, 0.15) is 5.60 Å². The van der Waals surface area contributed by atoms with Gasteiger partial charge in [-0.1, -0.05) is 0 Å². The molecule has 0 aromatic carbocycles. The van der Waals surface area contributed by atoms with Crippen molar-refractivity contribution >= 4 is 11.8 Å². The molecule has 82 valence electrons. The first kappa shape index (κ1) is 11.5. The van der Waals surface area contributed by atoms with Crippen molar-refractivity contribution in [3.05, 3.63) is 24.0 Å². The van der Waals surface area contributed by atoms with Gasteiger partial charge in [-0.25, -0.2) is 4.79 Å². The maximum Gasteiger partial charge on any atom is 0.412 e. The summed E-state index contributed by atoms with van der Waals surface area (Å²) >= 11 is 0. The normalized spacial score (nSPS) is 10.9. The van der Waals surface area contributed by atoms with Crippen LogP contribution in [-0.2, 0) is 4.74 Å². The molecule has 0 bridgehead atoms. The molecular formula is C11H16N2O2. The second-order valence-corrected chi connectivity index (χ2v) is 4.32. The quantitative estimate of drug-likeness (QED) is 0.772. The molecule has 1 aromatic rings. The highest BCUT2D eigenvalue weighted by molar-refractivity contribution is 5.85. The number of ether oxygens (including phenoxy) is 1. The average molecular weight is 208 g/mol. The van der Waals surface area contributed by atoms with Crippen molar-refractivity contribution in [2.24, 2.45) is 0 Å². The number of nitrogens with one attached hydrogen (secondary N) is 1. The zero-order valence-corrected chi connectivity index (χ0v) is 9.50. The topological polar surface area (TPSA) is 51.2 Å². The molecule has 4 heteroatoms. The largest absolute Gasteiger partial charge is 0.444 e. The van der Waals surface area contributed by atoms with E-state index in [0.29, 0.717) is 5.69 Å². The van der Waals surface area contributed by atoms with Gasteiger partial charge in [-0.2, -0.15) is 0 Å². The molecule has 0 spiro atoms. The van der Waals surface area contributed by atoms with Crippen molar-refractivity contribution in [3.63, 3.8) is 0 Å². The van der Waals surface area contributed by atoms with Crippen LogP contribution in [0.25, 0.3) is 0 Å². The molecule has 4 nitrogen and oxygen atoms in total. The lowest BCUT2D eigenvalue weighted by molar-refractivity contribution is 0.0636. The summed E-state index contributed by atoms with van der Waals surface area (Å²) in [7, 11) is 0. The van der Waals surface area contributed by atoms with Crippen LogP contribution in [0.5, 0.6) is 0 Å². The SMILES string of the molecule is Cc1ccncc1NC(=O)OC(C)(C)C. The Morgan fingerprint density at radius 2 is 2.13 bits per heavy atom. The van der Waals surface area contributed by atoms with E-state index in [9.17, 15) is 4.79 Å². The summed E-state index contributed by atoms with van der Waals surface area (Å²) in [6, 6.07) is 1.83. The van der Waals surface area contributed by atoms with Gasteiger partial charge in [0.15, 0.2) is 0 Å². The Labute approximate surface area is 89.7 Å². The van der Waals surface area contributed by atoms with Gasteiger partial charge in [0.2, 0.25) is 0 Å². The number of hydrogen-bond acceptors (Lipinski definition) is 3. The predicted octanol–water partition coefficient (Wildman–Crippen LogP) is 2.74. The Morgan fingerprint density at radius 1 is 1.47 bits per heavy atom. The lowest BCUT2D eigenvalue weighted by Crippen LogP contribution is -2.27. The van der Waals surface area contributed by atoms with Crippen LogP contribution < -0.4 is 5.32 Å². The van der Waals surface area contributed by atoms with E-state index in [1.807, 2.05) is 33.8 Å². The number of carbonyl (C=O) groups excluding carboxylic acids is 1. The lowest BCUT2D eigenvalue weighted by atomic mass is 10.2. The van der Waals surface area contributed by atoms with Crippen molar-refractivity contribution in [1.82, 2.24) is 4.98 Å². The summed E-state index contributed by atoms with van der Waals surface area (Å²) in [5.41, 5.74) is 1.14. The average Bonchev–Trinajstić information content (AvgIpc) is 2.05. The number of anilines is 1. The smallest absolute Gasteiger partial charge is 0.412 e. The molecule has 0 saturated heterocycles. The second kappa shape index (κ2) is 4.29. The summed E-state index contributed by atoms with van der Waals surface area (Å²) in [5, 5.41) is 2.64. The first-order valence-electron chi connectivity index (χ1n) is 4.79. The molecule has 0 fully saturated rings. The fraction of sp³-hybridized carbons (Fsp3) is 0.455. The minimum atomic E-state index is -0.486. The zero-order valence-electron chi connectivity index (χ0n) is 9.50. The van der Waals surface area contributed by atoms with E-state index in [1.165, 1.54) is 0 Å². The summed E-state index contributed by atoms with van der Waals surface area (Å²) < 4.78 is 5.12. The number of pyridine rings is 1. The standard InChI is InChI=1S/C11H16N2O2/c1-8-5-6-12-7-9(8)13-10(14)15-11(2,3)4/h5-7H,1-4H3,(H,13,14). The third kappa shape index (κ3) is 3.97. The van der Waals surface area contributed by atoms with Gasteiger partial charge in [-0.05, 0) is 39.3 Å². The number of hydrogen-bond donors (Lipinski definition) is 1. The van der Waals surface area contributed by atoms with Crippen LogP contribution in [0.1, 0.15) is 26.3 Å². The van der Waals surface area contributed by atoms with Crippen LogP contribution in [-0.4, -0.2) is 16.7 Å². The predicted molar refractivity (Wildman–Crippen MR) is 58.8 cm³/mol. The van der Waals surface area contributed by atoms with Gasteiger partial charge in [-0.3, -0.25) is 10.3 Å². The summed E-state index contributed by atoms with van der Waals surface area (Å²) in [6.07, 6.45) is 2.81. The van der Waals surface area contributed by atoms with Gasteiger partial charge in [-0.15, -0.1) is 0 Å². The molecule has 1 heterocycles. The summed E-state index contributed by atoms with van der Waals surface area (Å²) in [6.45, 7) is 7.36. The molecule has 0 saturated carbocycles. The highest BCUT2D eigenvalue weighted by atomic mass is 16.6. The number of nitrogens with zero attached hydrogens (tertiary/aromatic N) is 1. The number of amides is 1. The van der Waals surface area contributed by atoms with E-state index in [2.05, 4.69) is 10.3 Å². The molecule has 1 N–H and O–H groups in total. The summed E-state index contributed by atoms with van der Waals surface area (Å²) in [5.74, 6) is 0. The molecule has 0 unspecified atom stereocenters. The van der Waals surface area contributed by atoms with Gasteiger partial charge >= 0.3 is 6.09 Å². The van der Waals surface area contributed by atoms with Crippen LogP contribution in [0.4, 0.5) is 10.5 Å². The van der Waals surface area contributed by atoms with E-state index in [0.717, 1.165) is 5.56 Å². The van der Waals surface area contributed by atoms with Crippen molar-refractivity contribution in [2.45, 2.75) is 33.3 Å². The van der Waals surface area contributed by atoms with Gasteiger partial charge in [0, 0.05) is 6.20 Å². The molecule has 0 aliphatic rings. The molecule has 0 aliphatic heterocycles. The van der Waals surface area contributed by atoms with Crippen molar-refractivity contribution in [3.8, 4) is 0 Å². The molecule has 1 rings (SSSR count). The maximum atomic E-state index is 11.4. The molecule has 1 aromatic heterocycles. The fourth-order valence-corrected chi connectivity index (χ4v) is 1.01. The first-order chi connectivity index (χ1) is 6.88. The number of rotatable bonds is 1. The van der Waals surface area contributed by atoms with E-state index in [4.69, 9.17) is 4.74 Å². The Bertz CT molecular complexity index is 356. The lowest BCUT2D eigenvalue weighted by Gasteiger charge is -2.19. The Balaban J connectivity index is 2.64. The Kier molecular flexibility index (Phi) is 3.29. The number of carbonyl (C=O) groups is 1. The van der Waals surface area contributed by atoms with Crippen LogP contribution >= 0.6 is 0 Å². The second-order valence-electron chi connectivity index (χ2n) is 4.32. The van der Waals surface area contributed by atoms with Crippen LogP contribution in [0, 0.1) is 6.92 Å². The minimum Gasteiger partial charge on any atom is -0.444 e. The Hall–Kier alpha value is -1.58. The molecule has 1 amide bonds. The molecular weight excluding hydrogens is 192 g/mol. The zero-order chi connectivity index (χ0) is 11.5. The van der Waals surface area contributed by atoms with Gasteiger partial charge < -0.3 is 4.74 Å². The van der Waals surface area contributed by atoms with E-state index in [-0.39, 0.29) is 0 Å². The minimum absolute atomic E-state index is 0.460. The Morgan fingerprint density at radius 3 is 2.67 bits per heavy atom. The highest BCUT2D eigenvalue weighted by Gasteiger charge is 2.16. The summed E-state index contributed by atoms with van der Waals surface area (Å²) in [4.78, 5) is 15.3. The fourth-order valence-electron chi connectivity index (χ4n) is 1.01. The van der Waals surface area contributed by atoms with Crippen molar-refractivity contribution < 1.29 is 9.53 Å². The highest BCUT2D eigenvalue weighted by Crippen LogP contribution is 2.14. The number of aromatic nitrogens is 1. The van der Waals surface area contributed by atoms with Crippen molar-refractivity contribution in [2.75, 3.05) is 5.32 Å². The first-order valence-corrected chi connectivity index (χ1v) is 4.79. The molecule has 0 aliphatic carbocycles. The third-order valence-electron chi connectivity index (χ3n) is 1.67. The monoisotopic (exact) mass is 208 g/mol. The van der Waals surface area contributed by atoms with Crippen LogP contribution in [0.3, 0.4) is 0 Å². The van der Waals surface area contributed by atoms with Gasteiger partial charge in [0.05, 0.1) is 11.9 Å². The molecule has 15 heavy (non-hydrogen) atoms. The van der Waals surface area contributed by atoms with Crippen LogP contribution in [0.15, 0.2) is 18.5 Å². The van der Waals surface area contributed by atoms with Gasteiger partial charge in [0.25, 0.3) is 0 Å². The van der Waals surface area contributed by atoms with E-state index < -0.39 is 11.7 Å². The number of aryl methyl sites for hydroxylation is 1. The van der Waals surface area contributed by atoms with Crippen molar-refractivity contribution in [1.29, 1.82) is 0 Å². The van der Waals surface area contributed by atoms with Crippen LogP contribution in [0.2, 0.25) is 0 Å². The third-order valence-corrected chi connectivity index (χ3v) is 1.67. The molecule has 0 radical (unpaired) electrons. The van der Waals surface area contributed by atoms with E-state index >= 15 is 0 Å².